The largest absolute Gasteiger partial charge is 0.366 e. The third-order valence-electron chi connectivity index (χ3n) is 4.34. The molecule has 0 saturated carbocycles. The molecule has 3 rings (SSSR count). The molecular weight excluding hydrogens is 318 g/mol. The first-order valence-corrected chi connectivity index (χ1v) is 8.02. The van der Waals surface area contributed by atoms with Gasteiger partial charge in [0, 0.05) is 29.9 Å². The van der Waals surface area contributed by atoms with Crippen LogP contribution in [0, 0.1) is 12.8 Å². The fourth-order valence-electron chi connectivity index (χ4n) is 2.94. The molecule has 0 aliphatic carbocycles. The first-order chi connectivity index (χ1) is 12.0. The number of hydrogen-bond acceptors (Lipinski definition) is 3. The monoisotopic (exact) mass is 337 g/mol. The van der Waals surface area contributed by atoms with E-state index in [4.69, 9.17) is 5.73 Å². The molecule has 2 aromatic rings. The van der Waals surface area contributed by atoms with E-state index in [9.17, 15) is 14.4 Å². The summed E-state index contributed by atoms with van der Waals surface area (Å²) in [6.45, 7) is 2.30. The molecular formula is C19H19N3O3. The van der Waals surface area contributed by atoms with Crippen LogP contribution in [0.2, 0.25) is 0 Å². The van der Waals surface area contributed by atoms with Crippen molar-refractivity contribution in [3.8, 4) is 0 Å². The number of nitrogens with one attached hydrogen (secondary N) is 1. The Morgan fingerprint density at radius 3 is 2.44 bits per heavy atom. The molecule has 128 valence electrons. The van der Waals surface area contributed by atoms with E-state index in [2.05, 4.69) is 5.32 Å². The van der Waals surface area contributed by atoms with E-state index in [1.165, 1.54) is 0 Å². The van der Waals surface area contributed by atoms with Gasteiger partial charge in [-0.05, 0) is 42.8 Å². The lowest BCUT2D eigenvalue weighted by Gasteiger charge is -2.19. The number of nitrogens with two attached hydrogens (primary N) is 1. The Bertz CT molecular complexity index is 830. The summed E-state index contributed by atoms with van der Waals surface area (Å²) in [7, 11) is 0. The third kappa shape index (κ3) is 3.52. The van der Waals surface area contributed by atoms with Gasteiger partial charge in [-0.1, -0.05) is 18.2 Å². The minimum Gasteiger partial charge on any atom is -0.366 e. The summed E-state index contributed by atoms with van der Waals surface area (Å²) in [5, 5.41) is 2.79. The maximum absolute atomic E-state index is 12.5. The number of carbonyl (C=O) groups excluding carboxylic acids is 3. The second-order valence-corrected chi connectivity index (χ2v) is 6.12. The first-order valence-electron chi connectivity index (χ1n) is 8.02. The van der Waals surface area contributed by atoms with Gasteiger partial charge >= 0.3 is 0 Å². The molecule has 1 fully saturated rings. The summed E-state index contributed by atoms with van der Waals surface area (Å²) in [4.78, 5) is 37.5. The normalized spacial score (nSPS) is 16.8. The highest BCUT2D eigenvalue weighted by Gasteiger charge is 2.35. The molecule has 3 amide bonds. The van der Waals surface area contributed by atoms with Crippen molar-refractivity contribution >= 4 is 29.1 Å². The molecule has 1 heterocycles. The van der Waals surface area contributed by atoms with E-state index in [-0.39, 0.29) is 18.2 Å². The lowest BCUT2D eigenvalue weighted by molar-refractivity contribution is -0.122. The van der Waals surface area contributed by atoms with Gasteiger partial charge in [-0.25, -0.2) is 0 Å². The van der Waals surface area contributed by atoms with Crippen LogP contribution in [-0.4, -0.2) is 24.3 Å². The Hall–Kier alpha value is -3.15. The molecule has 1 atom stereocenters. The maximum atomic E-state index is 12.5. The fourth-order valence-corrected chi connectivity index (χ4v) is 2.94. The van der Waals surface area contributed by atoms with Gasteiger partial charge in [-0.3, -0.25) is 14.4 Å². The number of primary amides is 1. The number of aryl methyl sites for hydroxylation is 1. The summed E-state index contributed by atoms with van der Waals surface area (Å²) in [6.07, 6.45) is 0.180. The van der Waals surface area contributed by atoms with Crippen LogP contribution < -0.4 is 16.0 Å². The van der Waals surface area contributed by atoms with Crippen molar-refractivity contribution in [3.05, 3.63) is 59.7 Å². The topological polar surface area (TPSA) is 92.5 Å². The Morgan fingerprint density at radius 1 is 1.12 bits per heavy atom. The molecule has 6 nitrogen and oxygen atoms in total. The molecule has 0 bridgehead atoms. The summed E-state index contributed by atoms with van der Waals surface area (Å²) in [5.41, 5.74) is 7.97. The van der Waals surface area contributed by atoms with Crippen molar-refractivity contribution in [2.45, 2.75) is 13.3 Å². The number of amides is 3. The highest BCUT2D eigenvalue weighted by molar-refractivity contribution is 6.04. The second-order valence-electron chi connectivity index (χ2n) is 6.12. The maximum Gasteiger partial charge on any atom is 0.248 e. The molecule has 0 unspecified atom stereocenters. The van der Waals surface area contributed by atoms with Crippen LogP contribution in [0.1, 0.15) is 22.3 Å². The van der Waals surface area contributed by atoms with Crippen LogP contribution in [0.3, 0.4) is 0 Å². The molecule has 0 spiro atoms. The smallest absolute Gasteiger partial charge is 0.248 e. The molecule has 0 radical (unpaired) electrons. The van der Waals surface area contributed by atoms with Gasteiger partial charge in [0.05, 0.1) is 5.92 Å². The zero-order chi connectivity index (χ0) is 18.0. The average molecular weight is 337 g/mol. The zero-order valence-corrected chi connectivity index (χ0v) is 13.9. The molecule has 1 aliphatic heterocycles. The van der Waals surface area contributed by atoms with E-state index in [1.54, 1.807) is 29.2 Å². The molecule has 2 aromatic carbocycles. The SMILES string of the molecule is Cc1ccccc1N1C[C@@H](C(=O)Nc2ccc(C(N)=O)cc2)CC1=O. The van der Waals surface area contributed by atoms with Crippen LogP contribution in [0.4, 0.5) is 11.4 Å². The lowest BCUT2D eigenvalue weighted by Crippen LogP contribution is -2.28. The Kier molecular flexibility index (Phi) is 4.52. The standard InChI is InChI=1S/C19H19N3O3/c1-12-4-2-3-5-16(12)22-11-14(10-17(22)23)19(25)21-15-8-6-13(7-9-15)18(20)24/h2-9,14H,10-11H2,1H3,(H2,20,24)(H,21,25)/t14-/m0/s1. The number of para-hydroxylation sites is 1. The van der Waals surface area contributed by atoms with Crippen molar-refractivity contribution in [1.82, 2.24) is 0 Å². The van der Waals surface area contributed by atoms with Crippen molar-refractivity contribution in [2.24, 2.45) is 11.7 Å². The van der Waals surface area contributed by atoms with E-state index >= 15 is 0 Å². The Balaban J connectivity index is 1.68. The van der Waals surface area contributed by atoms with Gasteiger partial charge in [0.1, 0.15) is 0 Å². The number of carbonyl (C=O) groups is 3. The quantitative estimate of drug-likeness (QED) is 0.894. The van der Waals surface area contributed by atoms with E-state index in [0.29, 0.717) is 17.8 Å². The lowest BCUT2D eigenvalue weighted by atomic mass is 10.1. The second kappa shape index (κ2) is 6.76. The highest BCUT2D eigenvalue weighted by atomic mass is 16.2. The van der Waals surface area contributed by atoms with Crippen molar-refractivity contribution < 1.29 is 14.4 Å². The van der Waals surface area contributed by atoms with E-state index in [0.717, 1.165) is 11.3 Å². The molecule has 0 aromatic heterocycles. The van der Waals surface area contributed by atoms with Crippen molar-refractivity contribution in [2.75, 3.05) is 16.8 Å². The summed E-state index contributed by atoms with van der Waals surface area (Å²) in [5.74, 6) is -1.20. The van der Waals surface area contributed by atoms with Crippen LogP contribution in [-0.2, 0) is 9.59 Å². The molecule has 6 heteroatoms. The number of benzene rings is 2. The Labute approximate surface area is 145 Å². The minimum atomic E-state index is -0.520. The van der Waals surface area contributed by atoms with Gasteiger partial charge < -0.3 is 16.0 Å². The molecule has 3 N–H and O–H groups in total. The summed E-state index contributed by atoms with van der Waals surface area (Å²) in [6, 6.07) is 14.0. The van der Waals surface area contributed by atoms with E-state index < -0.39 is 11.8 Å². The number of anilines is 2. The molecule has 25 heavy (non-hydrogen) atoms. The van der Waals surface area contributed by atoms with Gasteiger partial charge in [-0.15, -0.1) is 0 Å². The highest BCUT2D eigenvalue weighted by Crippen LogP contribution is 2.28. The van der Waals surface area contributed by atoms with Crippen LogP contribution in [0.15, 0.2) is 48.5 Å². The zero-order valence-electron chi connectivity index (χ0n) is 13.9. The predicted octanol–water partition coefficient (Wildman–Crippen LogP) is 2.09. The Morgan fingerprint density at radius 2 is 1.80 bits per heavy atom. The van der Waals surface area contributed by atoms with Crippen LogP contribution in [0.25, 0.3) is 0 Å². The molecule has 1 saturated heterocycles. The number of nitrogens with zero attached hydrogens (tertiary/aromatic N) is 1. The average Bonchev–Trinajstić information content (AvgIpc) is 2.97. The van der Waals surface area contributed by atoms with Gasteiger partial charge in [0.15, 0.2) is 0 Å². The number of hydrogen-bond donors (Lipinski definition) is 2. The summed E-state index contributed by atoms with van der Waals surface area (Å²) < 4.78 is 0. The van der Waals surface area contributed by atoms with Crippen LogP contribution in [0.5, 0.6) is 0 Å². The van der Waals surface area contributed by atoms with Gasteiger partial charge in [0.2, 0.25) is 17.7 Å². The van der Waals surface area contributed by atoms with Crippen molar-refractivity contribution in [3.63, 3.8) is 0 Å². The van der Waals surface area contributed by atoms with Gasteiger partial charge in [-0.2, -0.15) is 0 Å². The summed E-state index contributed by atoms with van der Waals surface area (Å²) >= 11 is 0. The van der Waals surface area contributed by atoms with Crippen molar-refractivity contribution in [1.29, 1.82) is 0 Å². The number of rotatable bonds is 4. The van der Waals surface area contributed by atoms with Gasteiger partial charge in [0.25, 0.3) is 0 Å². The third-order valence-corrected chi connectivity index (χ3v) is 4.34. The minimum absolute atomic E-state index is 0.0569. The molecule has 1 aliphatic rings. The van der Waals surface area contributed by atoms with E-state index in [1.807, 2.05) is 31.2 Å². The fraction of sp³-hybridized carbons (Fsp3) is 0.211. The predicted molar refractivity (Wildman–Crippen MR) is 95.2 cm³/mol. The first kappa shape index (κ1) is 16.7. The van der Waals surface area contributed by atoms with Crippen LogP contribution >= 0.6 is 0 Å².